The molecule has 6 unspecified atom stereocenters. The topological polar surface area (TPSA) is 18.5 Å². The van der Waals surface area contributed by atoms with Crippen LogP contribution in [0.15, 0.2) is 25.7 Å². The molecule has 3 fully saturated rings. The molecule has 18 heavy (non-hydrogen) atoms. The summed E-state index contributed by atoms with van der Waals surface area (Å²) in [5.41, 5.74) is 0. The van der Waals surface area contributed by atoms with Gasteiger partial charge in [0.25, 0.3) is 0 Å². The Morgan fingerprint density at radius 2 is 1.61 bits per heavy atom. The van der Waals surface area contributed by atoms with Gasteiger partial charge in [0.15, 0.2) is 0 Å². The Bertz CT molecular complexity index is 325. The highest BCUT2D eigenvalue weighted by molar-refractivity contribution is 5.05. The summed E-state index contributed by atoms with van der Waals surface area (Å²) in [5, 5.41) is 0. The first-order chi connectivity index (χ1) is 8.85. The summed E-state index contributed by atoms with van der Waals surface area (Å²) in [5.74, 6) is 5.28. The molecule has 3 saturated carbocycles. The molecular weight excluding hydrogens is 224 g/mol. The fraction of sp³-hybridized carbons (Fsp3) is 0.750. The fourth-order valence-corrected chi connectivity index (χ4v) is 5.18. The highest BCUT2D eigenvalue weighted by Crippen LogP contribution is 2.62. The Morgan fingerprint density at radius 1 is 0.889 bits per heavy atom. The zero-order valence-corrected chi connectivity index (χ0v) is 11.1. The Morgan fingerprint density at radius 3 is 2.33 bits per heavy atom. The molecule has 3 rings (SSSR count). The Kier molecular flexibility index (Phi) is 3.36. The van der Waals surface area contributed by atoms with Crippen molar-refractivity contribution in [2.45, 2.75) is 25.7 Å². The van der Waals surface area contributed by atoms with Crippen LogP contribution in [0.3, 0.4) is 0 Å². The summed E-state index contributed by atoms with van der Waals surface area (Å²) in [6, 6.07) is 0. The molecule has 2 heteroatoms. The SMILES string of the molecule is C=COCC1CC2CC1C1CCC(COC=C)C21. The van der Waals surface area contributed by atoms with Crippen molar-refractivity contribution in [2.75, 3.05) is 13.2 Å². The van der Waals surface area contributed by atoms with Gasteiger partial charge in [0.1, 0.15) is 0 Å². The van der Waals surface area contributed by atoms with Gasteiger partial charge >= 0.3 is 0 Å². The lowest BCUT2D eigenvalue weighted by molar-refractivity contribution is 0.0805. The van der Waals surface area contributed by atoms with E-state index in [2.05, 4.69) is 13.2 Å². The summed E-state index contributed by atoms with van der Waals surface area (Å²) < 4.78 is 10.9. The molecule has 6 atom stereocenters. The zero-order chi connectivity index (χ0) is 12.5. The van der Waals surface area contributed by atoms with E-state index >= 15 is 0 Å². The van der Waals surface area contributed by atoms with Crippen molar-refractivity contribution in [3.8, 4) is 0 Å². The summed E-state index contributed by atoms with van der Waals surface area (Å²) in [4.78, 5) is 0. The van der Waals surface area contributed by atoms with Gasteiger partial charge in [0.2, 0.25) is 0 Å². The van der Waals surface area contributed by atoms with Gasteiger partial charge in [-0.1, -0.05) is 13.2 Å². The minimum Gasteiger partial charge on any atom is -0.502 e. The van der Waals surface area contributed by atoms with Crippen molar-refractivity contribution in [2.24, 2.45) is 35.5 Å². The first kappa shape index (κ1) is 12.1. The average molecular weight is 248 g/mol. The predicted octanol–water partition coefficient (Wildman–Crippen LogP) is 3.61. The van der Waals surface area contributed by atoms with Gasteiger partial charge in [-0.05, 0) is 61.2 Å². The molecule has 3 aliphatic carbocycles. The largest absolute Gasteiger partial charge is 0.502 e. The first-order valence-electron chi connectivity index (χ1n) is 7.30. The van der Waals surface area contributed by atoms with E-state index in [9.17, 15) is 0 Å². The molecule has 0 radical (unpaired) electrons. The predicted molar refractivity (Wildman–Crippen MR) is 71.7 cm³/mol. The van der Waals surface area contributed by atoms with E-state index in [-0.39, 0.29) is 0 Å². The smallest absolute Gasteiger partial charge is 0.0903 e. The second-order valence-electron chi connectivity index (χ2n) is 6.23. The van der Waals surface area contributed by atoms with Crippen LogP contribution >= 0.6 is 0 Å². The van der Waals surface area contributed by atoms with Crippen molar-refractivity contribution in [1.82, 2.24) is 0 Å². The molecule has 0 aromatic heterocycles. The van der Waals surface area contributed by atoms with E-state index < -0.39 is 0 Å². The monoisotopic (exact) mass is 248 g/mol. The molecular formula is C16H24O2. The third-order valence-electron chi connectivity index (χ3n) is 5.65. The van der Waals surface area contributed by atoms with E-state index in [0.29, 0.717) is 0 Å². The Balaban J connectivity index is 1.62. The van der Waals surface area contributed by atoms with E-state index in [1.54, 1.807) is 12.5 Å². The minimum atomic E-state index is 0.782. The lowest BCUT2D eigenvalue weighted by Gasteiger charge is -2.33. The number of ether oxygens (including phenoxy) is 2. The van der Waals surface area contributed by atoms with Crippen LogP contribution in [-0.4, -0.2) is 13.2 Å². The van der Waals surface area contributed by atoms with Crippen molar-refractivity contribution in [3.63, 3.8) is 0 Å². The molecule has 0 saturated heterocycles. The maximum atomic E-state index is 5.45. The quantitative estimate of drug-likeness (QED) is 0.669. The van der Waals surface area contributed by atoms with E-state index in [1.807, 2.05) is 0 Å². The fourth-order valence-electron chi connectivity index (χ4n) is 5.18. The van der Waals surface area contributed by atoms with Gasteiger partial charge in [0, 0.05) is 0 Å². The average Bonchev–Trinajstić information content (AvgIpc) is 3.05. The normalized spacial score (nSPS) is 44.7. The van der Waals surface area contributed by atoms with E-state index in [0.717, 1.165) is 48.7 Å². The highest BCUT2D eigenvalue weighted by Gasteiger charge is 2.56. The van der Waals surface area contributed by atoms with Crippen LogP contribution in [0, 0.1) is 35.5 Å². The Hall–Kier alpha value is -0.920. The molecule has 3 aliphatic rings. The molecule has 0 amide bonds. The van der Waals surface area contributed by atoms with Crippen LogP contribution < -0.4 is 0 Å². The van der Waals surface area contributed by atoms with Crippen LogP contribution in [0.1, 0.15) is 25.7 Å². The molecule has 100 valence electrons. The van der Waals surface area contributed by atoms with Crippen molar-refractivity contribution < 1.29 is 9.47 Å². The third-order valence-corrected chi connectivity index (χ3v) is 5.65. The Labute approximate surface area is 110 Å². The van der Waals surface area contributed by atoms with Crippen LogP contribution in [-0.2, 0) is 9.47 Å². The molecule has 0 aromatic carbocycles. The lowest BCUT2D eigenvalue weighted by Crippen LogP contribution is -2.30. The second-order valence-corrected chi connectivity index (χ2v) is 6.23. The molecule has 0 heterocycles. The van der Waals surface area contributed by atoms with Gasteiger partial charge in [-0.3, -0.25) is 0 Å². The summed E-state index contributed by atoms with van der Waals surface area (Å²) in [7, 11) is 0. The van der Waals surface area contributed by atoms with Gasteiger partial charge < -0.3 is 9.47 Å². The third kappa shape index (κ3) is 1.86. The van der Waals surface area contributed by atoms with Crippen LogP contribution in [0.2, 0.25) is 0 Å². The molecule has 2 bridgehead atoms. The maximum Gasteiger partial charge on any atom is 0.0903 e. The standard InChI is InChI=1S/C16H24O2/c1-3-17-9-11-5-6-14-15-8-12(16(11)14)7-13(15)10-18-4-2/h3-4,11-16H,1-2,5-10H2. The van der Waals surface area contributed by atoms with Gasteiger partial charge in [-0.25, -0.2) is 0 Å². The molecule has 0 aliphatic heterocycles. The second kappa shape index (κ2) is 4.99. The minimum absolute atomic E-state index is 0.782. The number of hydrogen-bond donors (Lipinski definition) is 0. The highest BCUT2D eigenvalue weighted by atomic mass is 16.5. The van der Waals surface area contributed by atoms with Crippen molar-refractivity contribution in [3.05, 3.63) is 25.7 Å². The van der Waals surface area contributed by atoms with Crippen molar-refractivity contribution >= 4 is 0 Å². The molecule has 2 nitrogen and oxygen atoms in total. The van der Waals surface area contributed by atoms with Crippen molar-refractivity contribution in [1.29, 1.82) is 0 Å². The maximum absolute atomic E-state index is 5.45. The van der Waals surface area contributed by atoms with Gasteiger partial charge in [0.05, 0.1) is 25.7 Å². The first-order valence-corrected chi connectivity index (χ1v) is 7.30. The number of fused-ring (bicyclic) bond motifs is 5. The number of hydrogen-bond acceptors (Lipinski definition) is 2. The number of rotatable bonds is 6. The van der Waals surface area contributed by atoms with Gasteiger partial charge in [-0.15, -0.1) is 0 Å². The summed E-state index contributed by atoms with van der Waals surface area (Å²) >= 11 is 0. The zero-order valence-electron chi connectivity index (χ0n) is 11.1. The van der Waals surface area contributed by atoms with E-state index in [4.69, 9.17) is 9.47 Å². The lowest BCUT2D eigenvalue weighted by atomic mass is 9.73. The molecule has 0 aromatic rings. The van der Waals surface area contributed by atoms with E-state index in [1.165, 1.54) is 25.7 Å². The van der Waals surface area contributed by atoms with Gasteiger partial charge in [-0.2, -0.15) is 0 Å². The van der Waals surface area contributed by atoms with Crippen LogP contribution in [0.5, 0.6) is 0 Å². The summed E-state index contributed by atoms with van der Waals surface area (Å²) in [6.45, 7) is 9.08. The molecule has 0 N–H and O–H groups in total. The van der Waals surface area contributed by atoms with Crippen LogP contribution in [0.25, 0.3) is 0 Å². The molecule has 0 spiro atoms. The van der Waals surface area contributed by atoms with Crippen LogP contribution in [0.4, 0.5) is 0 Å². The summed E-state index contributed by atoms with van der Waals surface area (Å²) in [6.07, 6.45) is 8.75.